The van der Waals surface area contributed by atoms with Gasteiger partial charge in [0.25, 0.3) is 5.91 Å². The predicted molar refractivity (Wildman–Crippen MR) is 101 cm³/mol. The summed E-state index contributed by atoms with van der Waals surface area (Å²) in [5.74, 6) is 0.301. The molecule has 0 aromatic heterocycles. The number of para-hydroxylation sites is 1. The summed E-state index contributed by atoms with van der Waals surface area (Å²) in [5.41, 5.74) is 0.790. The quantitative estimate of drug-likeness (QED) is 0.730. The molecule has 0 radical (unpaired) electrons. The standard InChI is InChI=1S/C19H18ClNO4S/c1-24-19(23)16-12-26-18(14-9-5-6-10-15(14)20)21(16)17(22)11-25-13-7-3-2-4-8-13/h2-10,16,18H,11-12H2,1H3. The summed E-state index contributed by atoms with van der Waals surface area (Å²) in [6, 6.07) is 15.7. The maximum atomic E-state index is 12.9. The van der Waals surface area contributed by atoms with Crippen molar-refractivity contribution in [2.75, 3.05) is 19.5 Å². The van der Waals surface area contributed by atoms with Crippen LogP contribution in [0.4, 0.5) is 0 Å². The van der Waals surface area contributed by atoms with Crippen molar-refractivity contribution in [2.45, 2.75) is 11.4 Å². The molecule has 0 bridgehead atoms. The Morgan fingerprint density at radius 2 is 1.85 bits per heavy atom. The van der Waals surface area contributed by atoms with Gasteiger partial charge >= 0.3 is 5.97 Å². The van der Waals surface area contributed by atoms with E-state index >= 15 is 0 Å². The van der Waals surface area contributed by atoms with Gasteiger partial charge in [-0.1, -0.05) is 48.0 Å². The van der Waals surface area contributed by atoms with Gasteiger partial charge < -0.3 is 14.4 Å². The average molecular weight is 392 g/mol. The molecular weight excluding hydrogens is 374 g/mol. The zero-order valence-corrected chi connectivity index (χ0v) is 15.7. The Morgan fingerprint density at radius 1 is 1.15 bits per heavy atom. The van der Waals surface area contributed by atoms with Gasteiger partial charge in [-0.05, 0) is 18.2 Å². The van der Waals surface area contributed by atoms with Crippen LogP contribution in [0.5, 0.6) is 5.75 Å². The highest BCUT2D eigenvalue weighted by atomic mass is 35.5. The van der Waals surface area contributed by atoms with Gasteiger partial charge in [0.15, 0.2) is 6.61 Å². The first-order valence-electron chi connectivity index (χ1n) is 8.04. The number of ether oxygens (including phenoxy) is 2. The van der Waals surface area contributed by atoms with Gasteiger partial charge in [0, 0.05) is 16.3 Å². The molecule has 7 heteroatoms. The van der Waals surface area contributed by atoms with E-state index in [9.17, 15) is 9.59 Å². The van der Waals surface area contributed by atoms with Gasteiger partial charge in [-0.2, -0.15) is 0 Å². The van der Waals surface area contributed by atoms with E-state index in [0.717, 1.165) is 5.56 Å². The van der Waals surface area contributed by atoms with Gasteiger partial charge in [-0.3, -0.25) is 4.79 Å². The van der Waals surface area contributed by atoms with E-state index in [-0.39, 0.29) is 17.9 Å². The lowest BCUT2D eigenvalue weighted by Gasteiger charge is -2.28. The molecule has 2 atom stereocenters. The molecule has 2 aromatic rings. The number of halogens is 1. The second-order valence-electron chi connectivity index (χ2n) is 5.65. The third-order valence-electron chi connectivity index (χ3n) is 4.04. The van der Waals surface area contributed by atoms with E-state index in [0.29, 0.717) is 16.5 Å². The zero-order valence-electron chi connectivity index (χ0n) is 14.1. The molecule has 136 valence electrons. The summed E-state index contributed by atoms with van der Waals surface area (Å²) in [7, 11) is 1.32. The number of amides is 1. The van der Waals surface area contributed by atoms with E-state index in [1.165, 1.54) is 23.8 Å². The number of thioether (sulfide) groups is 1. The predicted octanol–water partition coefficient (Wildman–Crippen LogP) is 3.53. The van der Waals surface area contributed by atoms with Crippen LogP contribution in [-0.2, 0) is 14.3 Å². The topological polar surface area (TPSA) is 55.8 Å². The molecule has 1 fully saturated rings. The molecule has 5 nitrogen and oxygen atoms in total. The van der Waals surface area contributed by atoms with E-state index in [1.807, 2.05) is 36.4 Å². The molecule has 1 heterocycles. The fourth-order valence-electron chi connectivity index (χ4n) is 2.78. The van der Waals surface area contributed by atoms with Crippen molar-refractivity contribution < 1.29 is 19.1 Å². The second kappa shape index (κ2) is 8.47. The number of methoxy groups -OCH3 is 1. The SMILES string of the molecule is COC(=O)C1CSC(c2ccccc2Cl)N1C(=O)COc1ccccc1. The van der Waals surface area contributed by atoms with Crippen molar-refractivity contribution in [3.8, 4) is 5.75 Å². The number of hydrogen-bond acceptors (Lipinski definition) is 5. The molecule has 2 unspecified atom stereocenters. The molecular formula is C19H18ClNO4S. The van der Waals surface area contributed by atoms with Crippen LogP contribution in [0.15, 0.2) is 54.6 Å². The first kappa shape index (κ1) is 18.6. The van der Waals surface area contributed by atoms with E-state index in [1.54, 1.807) is 18.2 Å². The Morgan fingerprint density at radius 3 is 2.54 bits per heavy atom. The summed E-state index contributed by atoms with van der Waals surface area (Å²) in [6.45, 7) is -0.168. The second-order valence-corrected chi connectivity index (χ2v) is 7.17. The fourth-order valence-corrected chi connectivity index (χ4v) is 4.56. The molecule has 26 heavy (non-hydrogen) atoms. The van der Waals surface area contributed by atoms with E-state index in [2.05, 4.69) is 0 Å². The van der Waals surface area contributed by atoms with Crippen molar-refractivity contribution in [1.82, 2.24) is 4.90 Å². The monoisotopic (exact) mass is 391 g/mol. The number of carbonyl (C=O) groups excluding carboxylic acids is 2. The van der Waals surface area contributed by atoms with Gasteiger partial charge in [-0.25, -0.2) is 4.79 Å². The lowest BCUT2D eigenvalue weighted by atomic mass is 10.1. The lowest BCUT2D eigenvalue weighted by molar-refractivity contribution is -0.152. The number of benzene rings is 2. The van der Waals surface area contributed by atoms with Crippen molar-refractivity contribution >= 4 is 35.2 Å². The summed E-state index contributed by atoms with van der Waals surface area (Å²) in [4.78, 5) is 26.6. The maximum Gasteiger partial charge on any atom is 0.329 e. The van der Waals surface area contributed by atoms with Crippen LogP contribution in [0.2, 0.25) is 5.02 Å². The van der Waals surface area contributed by atoms with Crippen LogP contribution in [0.1, 0.15) is 10.9 Å². The average Bonchev–Trinajstić information content (AvgIpc) is 3.11. The molecule has 1 aliphatic rings. The van der Waals surface area contributed by atoms with Crippen LogP contribution in [0.25, 0.3) is 0 Å². The Bertz CT molecular complexity index is 786. The number of rotatable bonds is 5. The van der Waals surface area contributed by atoms with Crippen molar-refractivity contribution in [3.63, 3.8) is 0 Å². The van der Waals surface area contributed by atoms with Crippen LogP contribution in [0, 0.1) is 0 Å². The maximum absolute atomic E-state index is 12.9. The highest BCUT2D eigenvalue weighted by Gasteiger charge is 2.43. The minimum atomic E-state index is -0.668. The minimum Gasteiger partial charge on any atom is -0.484 e. The molecule has 0 saturated carbocycles. The summed E-state index contributed by atoms with van der Waals surface area (Å²) >= 11 is 7.79. The van der Waals surface area contributed by atoms with E-state index in [4.69, 9.17) is 21.1 Å². The summed E-state index contributed by atoms with van der Waals surface area (Å²) in [5, 5.41) is 0.192. The van der Waals surface area contributed by atoms with Crippen LogP contribution in [-0.4, -0.2) is 42.3 Å². The molecule has 3 rings (SSSR count). The zero-order chi connectivity index (χ0) is 18.5. The molecule has 1 amide bonds. The Kier molecular flexibility index (Phi) is 6.06. The third-order valence-corrected chi connectivity index (χ3v) is 5.69. The number of esters is 1. The van der Waals surface area contributed by atoms with Gasteiger partial charge in [-0.15, -0.1) is 11.8 Å². The number of nitrogens with zero attached hydrogens (tertiary/aromatic N) is 1. The van der Waals surface area contributed by atoms with Gasteiger partial charge in [0.2, 0.25) is 0 Å². The highest BCUT2D eigenvalue weighted by Crippen LogP contribution is 2.44. The number of hydrogen-bond donors (Lipinski definition) is 0. The largest absolute Gasteiger partial charge is 0.484 e. The van der Waals surface area contributed by atoms with Gasteiger partial charge in [0.1, 0.15) is 17.2 Å². The fraction of sp³-hybridized carbons (Fsp3) is 0.263. The smallest absolute Gasteiger partial charge is 0.329 e. The molecule has 1 aliphatic heterocycles. The van der Waals surface area contributed by atoms with Crippen LogP contribution >= 0.6 is 23.4 Å². The normalized spacial score (nSPS) is 19.2. The molecule has 0 spiro atoms. The molecule has 1 saturated heterocycles. The molecule has 2 aromatic carbocycles. The highest BCUT2D eigenvalue weighted by molar-refractivity contribution is 7.99. The Hall–Kier alpha value is -2.18. The van der Waals surface area contributed by atoms with Crippen molar-refractivity contribution in [1.29, 1.82) is 0 Å². The summed E-state index contributed by atoms with van der Waals surface area (Å²) in [6.07, 6.45) is 0. The van der Waals surface area contributed by atoms with Crippen LogP contribution in [0.3, 0.4) is 0 Å². The Balaban J connectivity index is 1.82. The number of carbonyl (C=O) groups is 2. The molecule has 0 N–H and O–H groups in total. The third kappa shape index (κ3) is 3.97. The van der Waals surface area contributed by atoms with Crippen molar-refractivity contribution in [2.24, 2.45) is 0 Å². The lowest BCUT2D eigenvalue weighted by Crippen LogP contribution is -2.45. The first-order chi connectivity index (χ1) is 12.6. The Labute approximate surface area is 161 Å². The van der Waals surface area contributed by atoms with Crippen LogP contribution < -0.4 is 4.74 Å². The van der Waals surface area contributed by atoms with Crippen molar-refractivity contribution in [3.05, 3.63) is 65.2 Å². The van der Waals surface area contributed by atoms with Gasteiger partial charge in [0.05, 0.1) is 7.11 Å². The summed E-state index contributed by atoms with van der Waals surface area (Å²) < 4.78 is 10.4. The molecule has 0 aliphatic carbocycles. The minimum absolute atomic E-state index is 0.168. The van der Waals surface area contributed by atoms with E-state index < -0.39 is 12.0 Å². The first-order valence-corrected chi connectivity index (χ1v) is 9.47.